The molecule has 1 N–H and O–H groups in total. The normalized spacial score (nSPS) is 12.7. The van der Waals surface area contributed by atoms with Crippen LogP contribution >= 0.6 is 38.9 Å². The molecule has 1 nitrogen and oxygen atoms in total. The van der Waals surface area contributed by atoms with Crippen molar-refractivity contribution in [2.45, 2.75) is 13.0 Å². The predicted molar refractivity (Wildman–Crippen MR) is 79.1 cm³/mol. The van der Waals surface area contributed by atoms with E-state index in [0.717, 1.165) is 14.4 Å². The fraction of sp³-hybridized carbons (Fsp3) is 0.231. The number of nitrogens with one attached hydrogen (secondary N) is 1. The summed E-state index contributed by atoms with van der Waals surface area (Å²) < 4.78 is 1.10. The molecule has 0 aliphatic heterocycles. The number of benzene rings is 1. The van der Waals surface area contributed by atoms with Crippen LogP contribution in [0.3, 0.4) is 0 Å². The van der Waals surface area contributed by atoms with Gasteiger partial charge in [0.05, 0.1) is 11.1 Å². The lowest BCUT2D eigenvalue weighted by molar-refractivity contribution is 0.703. The van der Waals surface area contributed by atoms with Gasteiger partial charge in [-0.1, -0.05) is 33.6 Å². The topological polar surface area (TPSA) is 12.0 Å². The first kappa shape index (κ1) is 13.1. The summed E-state index contributed by atoms with van der Waals surface area (Å²) in [6.45, 7) is 2.09. The number of aryl methyl sites for hydroxylation is 1. The first-order valence-corrected chi connectivity index (χ1v) is 7.34. The summed E-state index contributed by atoms with van der Waals surface area (Å²) in [5, 5.41) is 6.17. The minimum absolute atomic E-state index is 0.152. The van der Waals surface area contributed by atoms with Gasteiger partial charge in [-0.15, -0.1) is 11.3 Å². The molecule has 17 heavy (non-hydrogen) atoms. The molecule has 0 bridgehead atoms. The maximum atomic E-state index is 6.20. The molecule has 1 aromatic carbocycles. The van der Waals surface area contributed by atoms with Crippen LogP contribution in [0.1, 0.15) is 22.0 Å². The lowest BCUT2D eigenvalue weighted by atomic mass is 10.0. The van der Waals surface area contributed by atoms with Crippen LogP contribution in [0.25, 0.3) is 0 Å². The molecule has 1 atom stereocenters. The van der Waals surface area contributed by atoms with Crippen LogP contribution in [0.2, 0.25) is 5.02 Å². The highest BCUT2D eigenvalue weighted by Crippen LogP contribution is 2.33. The molecule has 2 rings (SSSR count). The zero-order chi connectivity index (χ0) is 12.4. The summed E-state index contributed by atoms with van der Waals surface area (Å²) in [4.78, 5) is 1.16. The first-order valence-electron chi connectivity index (χ1n) is 5.29. The Morgan fingerprint density at radius 3 is 2.65 bits per heavy atom. The van der Waals surface area contributed by atoms with E-state index in [2.05, 4.69) is 46.4 Å². The van der Waals surface area contributed by atoms with Crippen LogP contribution in [0, 0.1) is 6.92 Å². The summed E-state index contributed by atoms with van der Waals surface area (Å²) in [6.07, 6.45) is 0. The zero-order valence-corrected chi connectivity index (χ0v) is 12.8. The summed E-state index contributed by atoms with van der Waals surface area (Å²) >= 11 is 11.4. The molecule has 0 aliphatic rings. The van der Waals surface area contributed by atoms with Crippen LogP contribution in [0.15, 0.2) is 34.1 Å². The van der Waals surface area contributed by atoms with Crippen molar-refractivity contribution >= 4 is 38.9 Å². The third kappa shape index (κ3) is 2.91. The van der Waals surface area contributed by atoms with Crippen molar-refractivity contribution in [2.24, 2.45) is 0 Å². The Kier molecular flexibility index (Phi) is 4.26. The second-order valence-corrected chi connectivity index (χ2v) is 6.19. The van der Waals surface area contributed by atoms with Gasteiger partial charge < -0.3 is 5.32 Å². The SMILES string of the molecule is CNC(c1cc(C)cc(Br)c1)c1sccc1Cl. The van der Waals surface area contributed by atoms with Crippen molar-refractivity contribution in [1.29, 1.82) is 0 Å². The van der Waals surface area contributed by atoms with Crippen molar-refractivity contribution in [2.75, 3.05) is 7.05 Å². The standard InChI is InChI=1S/C13H13BrClNS/c1-8-5-9(7-10(14)6-8)12(16-2)13-11(15)3-4-17-13/h3-7,12,16H,1-2H3. The van der Waals surface area contributed by atoms with E-state index < -0.39 is 0 Å². The molecular weight excluding hydrogens is 318 g/mol. The second kappa shape index (κ2) is 5.53. The first-order chi connectivity index (χ1) is 8.11. The van der Waals surface area contributed by atoms with E-state index in [9.17, 15) is 0 Å². The molecule has 1 heterocycles. The van der Waals surface area contributed by atoms with Gasteiger partial charge in [0.1, 0.15) is 0 Å². The van der Waals surface area contributed by atoms with Gasteiger partial charge in [-0.2, -0.15) is 0 Å². The van der Waals surface area contributed by atoms with Gasteiger partial charge in [-0.3, -0.25) is 0 Å². The minimum Gasteiger partial charge on any atom is -0.309 e. The van der Waals surface area contributed by atoms with Crippen molar-refractivity contribution in [3.63, 3.8) is 0 Å². The highest BCUT2D eigenvalue weighted by molar-refractivity contribution is 9.10. The lowest BCUT2D eigenvalue weighted by Gasteiger charge is -2.17. The van der Waals surface area contributed by atoms with Crippen molar-refractivity contribution in [3.8, 4) is 0 Å². The molecule has 1 aromatic heterocycles. The van der Waals surface area contributed by atoms with E-state index in [-0.39, 0.29) is 6.04 Å². The van der Waals surface area contributed by atoms with E-state index in [0.29, 0.717) is 0 Å². The maximum absolute atomic E-state index is 6.20. The molecule has 0 spiro atoms. The van der Waals surface area contributed by atoms with Gasteiger partial charge in [0, 0.05) is 9.35 Å². The van der Waals surface area contributed by atoms with Gasteiger partial charge >= 0.3 is 0 Å². The fourth-order valence-electron chi connectivity index (χ4n) is 1.89. The van der Waals surface area contributed by atoms with E-state index in [1.165, 1.54) is 11.1 Å². The Balaban J connectivity index is 2.45. The molecule has 1 unspecified atom stereocenters. The van der Waals surface area contributed by atoms with Gasteiger partial charge in [0.15, 0.2) is 0 Å². The highest BCUT2D eigenvalue weighted by atomic mass is 79.9. The number of hydrogen-bond acceptors (Lipinski definition) is 2. The van der Waals surface area contributed by atoms with Gasteiger partial charge in [-0.25, -0.2) is 0 Å². The minimum atomic E-state index is 0.152. The summed E-state index contributed by atoms with van der Waals surface area (Å²) in [5.74, 6) is 0. The molecule has 0 fully saturated rings. The van der Waals surface area contributed by atoms with E-state index in [4.69, 9.17) is 11.6 Å². The Labute approximate surface area is 119 Å². The lowest BCUT2D eigenvalue weighted by Crippen LogP contribution is -2.17. The van der Waals surface area contributed by atoms with Crippen molar-refractivity contribution in [1.82, 2.24) is 5.32 Å². The number of thiophene rings is 1. The van der Waals surface area contributed by atoms with Crippen LogP contribution in [-0.4, -0.2) is 7.05 Å². The monoisotopic (exact) mass is 329 g/mol. The largest absolute Gasteiger partial charge is 0.309 e. The van der Waals surface area contributed by atoms with E-state index >= 15 is 0 Å². The molecule has 0 saturated heterocycles. The number of rotatable bonds is 3. The molecule has 0 amide bonds. The third-order valence-electron chi connectivity index (χ3n) is 2.59. The number of hydrogen-bond donors (Lipinski definition) is 1. The molecule has 2 aromatic rings. The average molecular weight is 331 g/mol. The summed E-state index contributed by atoms with van der Waals surface area (Å²) in [6, 6.07) is 8.51. The quantitative estimate of drug-likeness (QED) is 0.854. The smallest absolute Gasteiger partial charge is 0.0684 e. The molecule has 0 saturated carbocycles. The van der Waals surface area contributed by atoms with E-state index in [1.54, 1.807) is 11.3 Å². The fourth-order valence-corrected chi connectivity index (χ4v) is 3.82. The van der Waals surface area contributed by atoms with Crippen LogP contribution < -0.4 is 5.32 Å². The molecule has 4 heteroatoms. The van der Waals surface area contributed by atoms with Gasteiger partial charge in [0.2, 0.25) is 0 Å². The highest BCUT2D eigenvalue weighted by Gasteiger charge is 2.17. The van der Waals surface area contributed by atoms with E-state index in [1.807, 2.05) is 18.5 Å². The third-order valence-corrected chi connectivity index (χ3v) is 4.47. The molecular formula is C13H13BrClNS. The Hall–Kier alpha value is -0.350. The maximum Gasteiger partial charge on any atom is 0.0684 e. The van der Waals surface area contributed by atoms with Crippen LogP contribution in [0.5, 0.6) is 0 Å². The molecule has 0 radical (unpaired) electrons. The van der Waals surface area contributed by atoms with Crippen LogP contribution in [0.4, 0.5) is 0 Å². The van der Waals surface area contributed by atoms with Crippen LogP contribution in [-0.2, 0) is 0 Å². The average Bonchev–Trinajstić information content (AvgIpc) is 2.65. The number of halogens is 2. The molecule has 90 valence electrons. The van der Waals surface area contributed by atoms with Crippen molar-refractivity contribution < 1.29 is 0 Å². The Bertz CT molecular complexity index is 504. The van der Waals surface area contributed by atoms with Crippen molar-refractivity contribution in [3.05, 3.63) is 55.1 Å². The van der Waals surface area contributed by atoms with Gasteiger partial charge in [-0.05, 0) is 48.7 Å². The second-order valence-electron chi connectivity index (χ2n) is 3.92. The van der Waals surface area contributed by atoms with Gasteiger partial charge in [0.25, 0.3) is 0 Å². The molecule has 0 aliphatic carbocycles. The summed E-state index contributed by atoms with van der Waals surface area (Å²) in [7, 11) is 1.96. The Morgan fingerprint density at radius 2 is 2.12 bits per heavy atom. The zero-order valence-electron chi connectivity index (χ0n) is 9.63. The predicted octanol–water partition coefficient (Wildman–Crippen LogP) is 4.78. The Morgan fingerprint density at radius 1 is 1.35 bits per heavy atom. The summed E-state index contributed by atoms with van der Waals surface area (Å²) in [5.41, 5.74) is 2.46.